The van der Waals surface area contributed by atoms with Gasteiger partial charge in [-0.3, -0.25) is 9.59 Å². The number of carbonyl (C=O) groups excluding carboxylic acids is 2. The van der Waals surface area contributed by atoms with Crippen LogP contribution in [0.5, 0.6) is 0 Å². The molecule has 2 amide bonds. The Balaban J connectivity index is 1.80. The third-order valence-corrected chi connectivity index (χ3v) is 4.90. The van der Waals surface area contributed by atoms with Crippen molar-refractivity contribution in [3.05, 3.63) is 56.5 Å². The lowest BCUT2D eigenvalue weighted by Gasteiger charge is -2.09. The number of benzene rings is 2. The van der Waals surface area contributed by atoms with Gasteiger partial charge in [0.05, 0.1) is 31.5 Å². The van der Waals surface area contributed by atoms with Crippen LogP contribution in [-0.2, 0) is 9.59 Å². The van der Waals surface area contributed by atoms with E-state index in [1.165, 1.54) is 0 Å². The summed E-state index contributed by atoms with van der Waals surface area (Å²) in [5.41, 5.74) is 0.878. The van der Waals surface area contributed by atoms with Crippen LogP contribution in [0, 0.1) is 0 Å². The van der Waals surface area contributed by atoms with Gasteiger partial charge in [-0.1, -0.05) is 58.5 Å². The fourth-order valence-corrected chi connectivity index (χ4v) is 2.73. The maximum absolute atomic E-state index is 11.9. The van der Waals surface area contributed by atoms with Crippen LogP contribution < -0.4 is 10.6 Å². The van der Waals surface area contributed by atoms with Gasteiger partial charge in [-0.2, -0.15) is 0 Å². The van der Waals surface area contributed by atoms with Gasteiger partial charge < -0.3 is 10.6 Å². The molecule has 25 heavy (non-hydrogen) atoms. The fourth-order valence-electron chi connectivity index (χ4n) is 2.04. The molecule has 0 atom stereocenters. The van der Waals surface area contributed by atoms with Crippen LogP contribution in [-0.4, -0.2) is 11.8 Å². The Bertz CT molecular complexity index is 731. The zero-order chi connectivity index (χ0) is 18.4. The van der Waals surface area contributed by atoms with Crippen molar-refractivity contribution < 1.29 is 9.59 Å². The lowest BCUT2D eigenvalue weighted by atomic mass is 10.2. The molecule has 0 heterocycles. The van der Waals surface area contributed by atoms with Crippen LogP contribution in [0.3, 0.4) is 0 Å². The number of rotatable bonds is 6. The van der Waals surface area contributed by atoms with Gasteiger partial charge in [0.25, 0.3) is 0 Å². The summed E-state index contributed by atoms with van der Waals surface area (Å²) in [4.78, 5) is 23.9. The quantitative estimate of drug-likeness (QED) is 0.598. The highest BCUT2D eigenvalue weighted by Crippen LogP contribution is 2.30. The van der Waals surface area contributed by atoms with E-state index in [4.69, 9.17) is 46.4 Å². The second-order valence-corrected chi connectivity index (χ2v) is 6.72. The molecule has 0 saturated heterocycles. The molecule has 0 aromatic heterocycles. The zero-order valence-corrected chi connectivity index (χ0v) is 15.9. The Kier molecular flexibility index (Phi) is 7.38. The third kappa shape index (κ3) is 5.79. The molecule has 0 fully saturated rings. The number of hydrogen-bond acceptors (Lipinski definition) is 2. The largest absolute Gasteiger partial charge is 0.325 e. The predicted molar refractivity (Wildman–Crippen MR) is 104 cm³/mol. The summed E-state index contributed by atoms with van der Waals surface area (Å²) in [6.45, 7) is 0. The van der Waals surface area contributed by atoms with Gasteiger partial charge in [-0.15, -0.1) is 0 Å². The molecule has 0 aliphatic rings. The highest BCUT2D eigenvalue weighted by atomic mass is 35.5. The maximum Gasteiger partial charge on any atom is 0.224 e. The standard InChI is InChI=1S/C17H14Cl4N2O2/c18-10-4-1-6-12(16(10)20)22-14(24)8-3-9-15(25)23-13-7-2-5-11(19)17(13)21/h1-2,4-7H,3,8-9H2,(H,22,24)(H,23,25). The average Bonchev–Trinajstić information content (AvgIpc) is 2.56. The molecule has 2 aromatic carbocycles. The smallest absolute Gasteiger partial charge is 0.224 e. The molecular weight excluding hydrogens is 406 g/mol. The number of anilines is 2. The van der Waals surface area contributed by atoms with E-state index in [-0.39, 0.29) is 34.7 Å². The summed E-state index contributed by atoms with van der Waals surface area (Å²) in [5.74, 6) is -0.504. The molecule has 132 valence electrons. The van der Waals surface area contributed by atoms with Crippen LogP contribution in [0.1, 0.15) is 19.3 Å². The molecule has 0 unspecified atom stereocenters. The summed E-state index contributed by atoms with van der Waals surface area (Å²) >= 11 is 23.8. The van der Waals surface area contributed by atoms with Crippen LogP contribution >= 0.6 is 46.4 Å². The lowest BCUT2D eigenvalue weighted by molar-refractivity contribution is -0.117. The van der Waals surface area contributed by atoms with Gasteiger partial charge in [0.2, 0.25) is 11.8 Å². The Labute approximate surface area is 165 Å². The Morgan fingerprint density at radius 2 is 1.12 bits per heavy atom. The number of amides is 2. The second-order valence-electron chi connectivity index (χ2n) is 5.15. The van der Waals surface area contributed by atoms with Crippen molar-refractivity contribution in [2.45, 2.75) is 19.3 Å². The summed E-state index contributed by atoms with van der Waals surface area (Å²) in [5, 5.41) is 6.61. The minimum atomic E-state index is -0.252. The van der Waals surface area contributed by atoms with E-state index in [1.54, 1.807) is 36.4 Å². The molecule has 4 nitrogen and oxygen atoms in total. The van der Waals surface area contributed by atoms with Crippen molar-refractivity contribution in [1.29, 1.82) is 0 Å². The first-order valence-electron chi connectivity index (χ1n) is 7.36. The van der Waals surface area contributed by atoms with Crippen molar-refractivity contribution in [1.82, 2.24) is 0 Å². The van der Waals surface area contributed by atoms with Crippen LogP contribution in [0.15, 0.2) is 36.4 Å². The van der Waals surface area contributed by atoms with Crippen LogP contribution in [0.2, 0.25) is 20.1 Å². The molecule has 0 saturated carbocycles. The van der Waals surface area contributed by atoms with E-state index in [0.717, 1.165) is 0 Å². The summed E-state index contributed by atoms with van der Waals surface area (Å²) < 4.78 is 0. The van der Waals surface area contributed by atoms with E-state index < -0.39 is 0 Å². The van der Waals surface area contributed by atoms with E-state index in [9.17, 15) is 9.59 Å². The predicted octanol–water partition coefficient (Wildman–Crippen LogP) is 6.05. The second kappa shape index (κ2) is 9.30. The average molecular weight is 420 g/mol. The van der Waals surface area contributed by atoms with Gasteiger partial charge in [0.15, 0.2) is 0 Å². The van der Waals surface area contributed by atoms with Crippen molar-refractivity contribution >= 4 is 69.6 Å². The van der Waals surface area contributed by atoms with E-state index >= 15 is 0 Å². The Morgan fingerprint density at radius 3 is 1.52 bits per heavy atom. The van der Waals surface area contributed by atoms with E-state index in [2.05, 4.69) is 10.6 Å². The topological polar surface area (TPSA) is 58.2 Å². The lowest BCUT2D eigenvalue weighted by Crippen LogP contribution is -2.15. The maximum atomic E-state index is 11.9. The van der Waals surface area contributed by atoms with Crippen LogP contribution in [0.4, 0.5) is 11.4 Å². The van der Waals surface area contributed by atoms with Crippen molar-refractivity contribution in [2.75, 3.05) is 10.6 Å². The van der Waals surface area contributed by atoms with Crippen molar-refractivity contribution in [3.63, 3.8) is 0 Å². The summed E-state index contributed by atoms with van der Waals surface area (Å²) in [6.07, 6.45) is 0.702. The molecule has 2 aromatic rings. The third-order valence-electron chi connectivity index (χ3n) is 3.26. The molecule has 0 radical (unpaired) electrons. The monoisotopic (exact) mass is 418 g/mol. The molecule has 2 N–H and O–H groups in total. The van der Waals surface area contributed by atoms with Crippen LogP contribution in [0.25, 0.3) is 0 Å². The number of halogens is 4. The first-order chi connectivity index (χ1) is 11.9. The first kappa shape index (κ1) is 19.9. The van der Waals surface area contributed by atoms with Gasteiger partial charge in [-0.25, -0.2) is 0 Å². The fraction of sp³-hybridized carbons (Fsp3) is 0.176. The first-order valence-corrected chi connectivity index (χ1v) is 8.87. The molecule has 0 spiro atoms. The SMILES string of the molecule is O=C(CCCC(=O)Nc1cccc(Cl)c1Cl)Nc1cccc(Cl)c1Cl. The van der Waals surface area contributed by atoms with E-state index in [1.807, 2.05) is 0 Å². The summed E-state index contributed by atoms with van der Waals surface area (Å²) in [7, 11) is 0. The zero-order valence-electron chi connectivity index (χ0n) is 12.9. The highest BCUT2D eigenvalue weighted by molar-refractivity contribution is 6.44. The normalized spacial score (nSPS) is 10.4. The highest BCUT2D eigenvalue weighted by Gasteiger charge is 2.11. The van der Waals surface area contributed by atoms with Gasteiger partial charge >= 0.3 is 0 Å². The minimum absolute atomic E-state index is 0.166. The van der Waals surface area contributed by atoms with Gasteiger partial charge in [0, 0.05) is 12.8 Å². The minimum Gasteiger partial charge on any atom is -0.325 e. The summed E-state index contributed by atoms with van der Waals surface area (Å²) in [6, 6.07) is 9.94. The molecular formula is C17H14Cl4N2O2. The molecule has 8 heteroatoms. The Hall–Kier alpha value is -1.46. The number of carbonyl (C=O) groups is 2. The van der Waals surface area contributed by atoms with E-state index in [0.29, 0.717) is 27.8 Å². The number of nitrogens with one attached hydrogen (secondary N) is 2. The van der Waals surface area contributed by atoms with Crippen molar-refractivity contribution in [3.8, 4) is 0 Å². The van der Waals surface area contributed by atoms with Gasteiger partial charge in [-0.05, 0) is 30.7 Å². The Morgan fingerprint density at radius 1 is 0.720 bits per heavy atom. The number of hydrogen-bond donors (Lipinski definition) is 2. The molecule has 2 rings (SSSR count). The van der Waals surface area contributed by atoms with Gasteiger partial charge in [0.1, 0.15) is 0 Å². The molecule has 0 aliphatic carbocycles. The molecule has 0 aliphatic heterocycles. The molecule has 0 bridgehead atoms. The van der Waals surface area contributed by atoms with Crippen molar-refractivity contribution in [2.24, 2.45) is 0 Å².